The van der Waals surface area contributed by atoms with Gasteiger partial charge >= 0.3 is 0 Å². The Kier molecular flexibility index (Phi) is 9.04. The highest BCUT2D eigenvalue weighted by Gasteiger charge is 2.46. The van der Waals surface area contributed by atoms with Crippen LogP contribution in [-0.2, 0) is 5.41 Å². The van der Waals surface area contributed by atoms with Gasteiger partial charge in [0.25, 0.3) is 0 Å². The minimum absolute atomic E-state index is 0.459. The maximum absolute atomic E-state index is 6.42. The van der Waals surface area contributed by atoms with E-state index in [1.165, 1.54) is 54.7 Å². The first-order valence-corrected chi connectivity index (χ1v) is 24.5. The number of hydrogen-bond donors (Lipinski definition) is 0. The van der Waals surface area contributed by atoms with E-state index in [1.807, 2.05) is 66.7 Å². The predicted octanol–water partition coefficient (Wildman–Crippen LogP) is 16.3. The van der Waals surface area contributed by atoms with Crippen molar-refractivity contribution in [1.82, 2.24) is 24.9 Å². The highest BCUT2D eigenvalue weighted by atomic mass is 16.4. The summed E-state index contributed by atoms with van der Waals surface area (Å²) in [5, 5.41) is 7.07. The smallest absolute Gasteiger partial charge is 0.227 e. The zero-order valence-electron chi connectivity index (χ0n) is 39.1. The minimum atomic E-state index is -0.549. The summed E-state index contributed by atoms with van der Waals surface area (Å²) < 4.78 is 12.8. The van der Waals surface area contributed by atoms with Gasteiger partial charge in [0.2, 0.25) is 11.8 Å². The van der Waals surface area contributed by atoms with Crippen LogP contribution in [0.25, 0.3) is 123 Å². The lowest BCUT2D eigenvalue weighted by Gasteiger charge is -2.33. The molecule has 1 aliphatic rings. The maximum Gasteiger partial charge on any atom is 0.227 e. The monoisotopic (exact) mass is 933 g/mol. The summed E-state index contributed by atoms with van der Waals surface area (Å²) in [4.78, 5) is 26.1. The maximum atomic E-state index is 6.42. The van der Waals surface area contributed by atoms with Gasteiger partial charge in [-0.05, 0) is 120 Å². The zero-order chi connectivity index (χ0) is 48.0. The molecule has 7 heteroatoms. The standard InChI is InChI=1S/C66H39N5O2/c1-3-17-45(18-4-1)66(46-19-5-2-6-20-46)55-26-12-11-25-52(55)54-39-41(32-34-56(54)66)62-69-61(40-31-33-51-49-23-8-7-21-47(49)48-22-9-10-24-50(48)53(51)38-40)70-63(71-62)42-35-43(64-67-57-27-13-15-29-59(57)72-64)37-44(36-42)65-68-58-28-14-16-30-60(58)73-65/h1-39H. The van der Waals surface area contributed by atoms with Gasteiger partial charge < -0.3 is 8.83 Å². The van der Waals surface area contributed by atoms with Crippen molar-refractivity contribution in [2.24, 2.45) is 0 Å². The molecule has 14 aromatic rings. The lowest BCUT2D eigenvalue weighted by molar-refractivity contribution is 0.617. The average Bonchev–Trinajstić information content (AvgIpc) is 4.19. The topological polar surface area (TPSA) is 90.7 Å². The number of fused-ring (bicyclic) bond motifs is 11. The molecule has 7 nitrogen and oxygen atoms in total. The Morgan fingerprint density at radius 1 is 0.274 bits per heavy atom. The van der Waals surface area contributed by atoms with Gasteiger partial charge in [0.1, 0.15) is 11.0 Å². The fourth-order valence-corrected chi connectivity index (χ4v) is 11.4. The van der Waals surface area contributed by atoms with E-state index in [0.29, 0.717) is 40.4 Å². The van der Waals surface area contributed by atoms with Crippen LogP contribution in [-0.4, -0.2) is 24.9 Å². The van der Waals surface area contributed by atoms with E-state index in [-0.39, 0.29) is 0 Å². The van der Waals surface area contributed by atoms with Crippen LogP contribution in [0.1, 0.15) is 22.3 Å². The van der Waals surface area contributed by atoms with Gasteiger partial charge in [0, 0.05) is 27.8 Å². The normalized spacial score (nSPS) is 12.8. The number of oxazole rings is 2. The molecule has 3 aromatic heterocycles. The van der Waals surface area contributed by atoms with Crippen LogP contribution in [0.5, 0.6) is 0 Å². The molecule has 1 aliphatic carbocycles. The van der Waals surface area contributed by atoms with Gasteiger partial charge in [0.05, 0.1) is 5.41 Å². The second-order valence-electron chi connectivity index (χ2n) is 18.7. The van der Waals surface area contributed by atoms with Crippen LogP contribution >= 0.6 is 0 Å². The number of aromatic nitrogens is 5. The van der Waals surface area contributed by atoms with Crippen LogP contribution in [0, 0.1) is 0 Å². The molecule has 73 heavy (non-hydrogen) atoms. The number of para-hydroxylation sites is 4. The van der Waals surface area contributed by atoms with Crippen molar-refractivity contribution in [3.8, 4) is 68.2 Å². The Morgan fingerprint density at radius 3 is 1.27 bits per heavy atom. The van der Waals surface area contributed by atoms with E-state index in [0.717, 1.165) is 49.8 Å². The minimum Gasteiger partial charge on any atom is -0.436 e. The van der Waals surface area contributed by atoms with Gasteiger partial charge in [-0.2, -0.15) is 0 Å². The van der Waals surface area contributed by atoms with Crippen LogP contribution in [0.15, 0.2) is 245 Å². The van der Waals surface area contributed by atoms with E-state index < -0.39 is 5.41 Å². The third-order valence-electron chi connectivity index (χ3n) is 14.6. The van der Waals surface area contributed by atoms with Crippen molar-refractivity contribution in [1.29, 1.82) is 0 Å². The van der Waals surface area contributed by atoms with E-state index in [2.05, 4.69) is 170 Å². The quantitative estimate of drug-likeness (QED) is 0.147. The van der Waals surface area contributed by atoms with Crippen molar-refractivity contribution in [3.05, 3.63) is 259 Å². The largest absolute Gasteiger partial charge is 0.436 e. The third kappa shape index (κ3) is 6.42. The predicted molar refractivity (Wildman–Crippen MR) is 292 cm³/mol. The van der Waals surface area contributed by atoms with E-state index in [4.69, 9.17) is 33.8 Å². The molecule has 0 saturated heterocycles. The van der Waals surface area contributed by atoms with E-state index in [9.17, 15) is 0 Å². The van der Waals surface area contributed by atoms with Crippen molar-refractivity contribution in [3.63, 3.8) is 0 Å². The van der Waals surface area contributed by atoms with Gasteiger partial charge in [-0.1, -0.05) is 182 Å². The van der Waals surface area contributed by atoms with Crippen molar-refractivity contribution in [2.75, 3.05) is 0 Å². The zero-order valence-corrected chi connectivity index (χ0v) is 39.1. The Balaban J connectivity index is 0.981. The Bertz CT molecular complexity index is 4290. The first-order chi connectivity index (χ1) is 36.1. The molecule has 0 fully saturated rings. The molecule has 0 atom stereocenters. The van der Waals surface area contributed by atoms with Crippen molar-refractivity contribution >= 4 is 54.5 Å². The SMILES string of the molecule is c1ccc(C2(c3ccccc3)c3ccccc3-c3cc(-c4nc(-c5cc(-c6nc7ccccc7o6)cc(-c6nc7ccccc7o6)c5)nc(-c5ccc6c7ccccc7c7ccccc7c6c5)n4)ccc32)cc1. The molecular formula is C66H39N5O2. The van der Waals surface area contributed by atoms with E-state index in [1.54, 1.807) is 0 Å². The third-order valence-corrected chi connectivity index (χ3v) is 14.6. The number of hydrogen-bond acceptors (Lipinski definition) is 7. The van der Waals surface area contributed by atoms with Gasteiger partial charge in [-0.3, -0.25) is 0 Å². The number of nitrogens with zero attached hydrogens (tertiary/aromatic N) is 5. The average molecular weight is 934 g/mol. The lowest BCUT2D eigenvalue weighted by atomic mass is 9.67. The van der Waals surface area contributed by atoms with Crippen LogP contribution in [0.3, 0.4) is 0 Å². The molecule has 11 aromatic carbocycles. The van der Waals surface area contributed by atoms with Gasteiger partial charge in [-0.25, -0.2) is 24.9 Å². The van der Waals surface area contributed by atoms with Gasteiger partial charge in [-0.15, -0.1) is 0 Å². The number of benzene rings is 11. The van der Waals surface area contributed by atoms with Crippen LogP contribution < -0.4 is 0 Å². The molecule has 340 valence electrons. The molecule has 0 unspecified atom stereocenters. The summed E-state index contributed by atoms with van der Waals surface area (Å²) in [5.74, 6) is 2.47. The molecule has 0 spiro atoms. The molecule has 0 bridgehead atoms. The summed E-state index contributed by atoms with van der Waals surface area (Å²) >= 11 is 0. The molecule has 0 saturated carbocycles. The van der Waals surface area contributed by atoms with Gasteiger partial charge in [0.15, 0.2) is 28.6 Å². The molecule has 0 radical (unpaired) electrons. The fourth-order valence-electron chi connectivity index (χ4n) is 11.4. The number of rotatable bonds is 7. The summed E-state index contributed by atoms with van der Waals surface area (Å²) in [6.07, 6.45) is 0. The van der Waals surface area contributed by atoms with E-state index >= 15 is 0 Å². The lowest BCUT2D eigenvalue weighted by Crippen LogP contribution is -2.28. The summed E-state index contributed by atoms with van der Waals surface area (Å²) in [5.41, 5.74) is 13.4. The second kappa shape index (κ2) is 16.1. The Morgan fingerprint density at radius 2 is 0.699 bits per heavy atom. The molecule has 0 N–H and O–H groups in total. The van der Waals surface area contributed by atoms with Crippen LogP contribution in [0.2, 0.25) is 0 Å². The highest BCUT2D eigenvalue weighted by Crippen LogP contribution is 2.56. The van der Waals surface area contributed by atoms with Crippen LogP contribution in [0.4, 0.5) is 0 Å². The second-order valence-corrected chi connectivity index (χ2v) is 18.7. The Hall–Kier alpha value is -9.85. The molecule has 3 heterocycles. The molecule has 0 aliphatic heterocycles. The fraction of sp³-hybridized carbons (Fsp3) is 0.0152. The first kappa shape index (κ1) is 41.0. The summed E-state index contributed by atoms with van der Waals surface area (Å²) in [6.45, 7) is 0. The highest BCUT2D eigenvalue weighted by molar-refractivity contribution is 6.25. The first-order valence-electron chi connectivity index (χ1n) is 24.5. The summed E-state index contributed by atoms with van der Waals surface area (Å²) in [6, 6.07) is 82.7. The van der Waals surface area contributed by atoms with Crippen molar-refractivity contribution < 1.29 is 8.83 Å². The molecule has 15 rings (SSSR count). The molecule has 0 amide bonds. The Labute approximate surface area is 418 Å². The molecular weight excluding hydrogens is 895 g/mol. The summed E-state index contributed by atoms with van der Waals surface area (Å²) in [7, 11) is 0. The van der Waals surface area contributed by atoms with Crippen molar-refractivity contribution in [2.45, 2.75) is 5.41 Å².